The predicted octanol–water partition coefficient (Wildman–Crippen LogP) is -0.606. The normalized spacial score (nSPS) is 8.92. The average Bonchev–Trinajstić information content (AvgIpc) is 2.03. The van der Waals surface area contributed by atoms with E-state index >= 15 is 0 Å². The molecule has 0 atom stereocenters. The molecule has 2 N–H and O–H groups in total. The van der Waals surface area contributed by atoms with Crippen LogP contribution in [0.25, 0.3) is 0 Å². The van der Waals surface area contributed by atoms with Crippen molar-refractivity contribution in [1.29, 1.82) is 0 Å². The van der Waals surface area contributed by atoms with Crippen LogP contribution in [0.15, 0.2) is 0 Å². The molecule has 0 radical (unpaired) electrons. The van der Waals surface area contributed by atoms with E-state index in [1.54, 1.807) is 14.1 Å². The van der Waals surface area contributed by atoms with Crippen LogP contribution in [-0.4, -0.2) is 44.5 Å². The van der Waals surface area contributed by atoms with E-state index in [4.69, 9.17) is 0 Å². The van der Waals surface area contributed by atoms with Gasteiger partial charge in [-0.1, -0.05) is 0 Å². The molecule has 0 heterocycles. The first-order valence-electron chi connectivity index (χ1n) is 3.73. The molecule has 0 spiro atoms. The van der Waals surface area contributed by atoms with Gasteiger partial charge in [0.1, 0.15) is 0 Å². The van der Waals surface area contributed by atoms with E-state index in [9.17, 15) is 9.59 Å². The van der Waals surface area contributed by atoms with Gasteiger partial charge in [-0.15, -0.1) is 0 Å². The van der Waals surface area contributed by atoms with E-state index in [1.165, 1.54) is 11.9 Å². The minimum Gasteiger partial charge on any atom is -0.349 e. The number of hydrogen-bond donors (Lipinski definition) is 2. The van der Waals surface area contributed by atoms with Crippen LogP contribution in [0.2, 0.25) is 0 Å². The fourth-order valence-electron chi connectivity index (χ4n) is 0.595. The van der Waals surface area contributed by atoms with Gasteiger partial charge in [-0.05, 0) is 0 Å². The van der Waals surface area contributed by atoms with Gasteiger partial charge in [-0.25, -0.2) is 4.79 Å². The molecule has 0 aromatic rings. The van der Waals surface area contributed by atoms with Crippen LogP contribution < -0.4 is 10.6 Å². The van der Waals surface area contributed by atoms with Gasteiger partial charge in [-0.3, -0.25) is 4.79 Å². The molecule has 0 saturated heterocycles. The maximum atomic E-state index is 11.0. The summed E-state index contributed by atoms with van der Waals surface area (Å²) in [7, 11) is 4.90. The Morgan fingerprint density at radius 2 is 1.92 bits per heavy atom. The van der Waals surface area contributed by atoms with Crippen LogP contribution in [0.1, 0.15) is 6.42 Å². The number of carbonyl (C=O) groups is 2. The van der Waals surface area contributed by atoms with E-state index in [2.05, 4.69) is 10.6 Å². The van der Waals surface area contributed by atoms with Crippen LogP contribution in [0.4, 0.5) is 4.79 Å². The highest BCUT2D eigenvalue weighted by molar-refractivity contribution is 5.77. The van der Waals surface area contributed by atoms with E-state index in [0.29, 0.717) is 13.0 Å². The molecule has 0 fully saturated rings. The lowest BCUT2D eigenvalue weighted by atomic mass is 10.4. The summed E-state index contributed by atoms with van der Waals surface area (Å²) in [6.07, 6.45) is 0.334. The van der Waals surface area contributed by atoms with Crippen molar-refractivity contribution in [3.63, 3.8) is 0 Å². The molecule has 0 unspecified atom stereocenters. The van der Waals surface area contributed by atoms with Gasteiger partial charge in [-0.2, -0.15) is 0 Å². The van der Waals surface area contributed by atoms with Crippen molar-refractivity contribution >= 4 is 11.9 Å². The fraction of sp³-hybridized carbons (Fsp3) is 0.714. The Kier molecular flexibility index (Phi) is 4.83. The van der Waals surface area contributed by atoms with Crippen LogP contribution in [0.3, 0.4) is 0 Å². The fourth-order valence-corrected chi connectivity index (χ4v) is 0.595. The standard InChI is InChI=1S/C7H15N3O2/c1-8-7(12)9-5-4-6(11)10(2)3/h4-5H2,1-3H3,(H2,8,9,12). The number of amides is 3. The summed E-state index contributed by atoms with van der Waals surface area (Å²) < 4.78 is 0. The summed E-state index contributed by atoms with van der Waals surface area (Å²) in [5.74, 6) is 0.00593. The van der Waals surface area contributed by atoms with Crippen molar-refractivity contribution in [1.82, 2.24) is 15.5 Å². The Labute approximate surface area is 72.1 Å². The molecule has 0 saturated carbocycles. The number of rotatable bonds is 3. The number of urea groups is 1. The zero-order valence-electron chi connectivity index (χ0n) is 7.68. The van der Waals surface area contributed by atoms with Gasteiger partial charge in [0.15, 0.2) is 0 Å². The van der Waals surface area contributed by atoms with Crippen LogP contribution >= 0.6 is 0 Å². The monoisotopic (exact) mass is 173 g/mol. The first kappa shape index (κ1) is 10.7. The van der Waals surface area contributed by atoms with Gasteiger partial charge < -0.3 is 15.5 Å². The smallest absolute Gasteiger partial charge is 0.314 e. The van der Waals surface area contributed by atoms with Crippen LogP contribution in [0, 0.1) is 0 Å². The first-order valence-corrected chi connectivity index (χ1v) is 3.73. The maximum absolute atomic E-state index is 11.0. The predicted molar refractivity (Wildman–Crippen MR) is 45.8 cm³/mol. The third-order valence-corrected chi connectivity index (χ3v) is 1.35. The largest absolute Gasteiger partial charge is 0.349 e. The first-order chi connectivity index (χ1) is 5.57. The van der Waals surface area contributed by atoms with Gasteiger partial charge in [0.25, 0.3) is 0 Å². The molecule has 0 aromatic heterocycles. The van der Waals surface area contributed by atoms with E-state index in [0.717, 1.165) is 0 Å². The van der Waals surface area contributed by atoms with E-state index in [-0.39, 0.29) is 11.9 Å². The maximum Gasteiger partial charge on any atom is 0.314 e. The van der Waals surface area contributed by atoms with Crippen molar-refractivity contribution in [2.45, 2.75) is 6.42 Å². The van der Waals surface area contributed by atoms with E-state index in [1.807, 2.05) is 0 Å². The highest BCUT2D eigenvalue weighted by Crippen LogP contribution is 1.84. The quantitative estimate of drug-likeness (QED) is 0.598. The second-order valence-electron chi connectivity index (χ2n) is 2.54. The molecular formula is C7H15N3O2. The number of nitrogens with one attached hydrogen (secondary N) is 2. The minimum atomic E-state index is -0.262. The molecule has 5 nitrogen and oxygen atoms in total. The van der Waals surface area contributed by atoms with Crippen molar-refractivity contribution in [2.24, 2.45) is 0 Å². The SMILES string of the molecule is CNC(=O)NCCC(=O)N(C)C. The average molecular weight is 173 g/mol. The molecule has 0 rings (SSSR count). The topological polar surface area (TPSA) is 61.4 Å². The lowest BCUT2D eigenvalue weighted by molar-refractivity contribution is -0.128. The molecule has 3 amide bonds. The Bertz CT molecular complexity index is 168. The molecule has 5 heteroatoms. The van der Waals surface area contributed by atoms with E-state index < -0.39 is 0 Å². The van der Waals surface area contributed by atoms with Crippen molar-refractivity contribution in [2.75, 3.05) is 27.7 Å². The molecular weight excluding hydrogens is 158 g/mol. The van der Waals surface area contributed by atoms with Crippen molar-refractivity contribution in [3.05, 3.63) is 0 Å². The Morgan fingerprint density at radius 1 is 1.33 bits per heavy atom. The molecule has 0 aliphatic rings. The second kappa shape index (κ2) is 5.40. The highest BCUT2D eigenvalue weighted by atomic mass is 16.2. The lowest BCUT2D eigenvalue weighted by Crippen LogP contribution is -2.35. The van der Waals surface area contributed by atoms with Gasteiger partial charge in [0, 0.05) is 34.1 Å². The second-order valence-corrected chi connectivity index (χ2v) is 2.54. The summed E-state index contributed by atoms with van der Waals surface area (Å²) >= 11 is 0. The number of hydrogen-bond acceptors (Lipinski definition) is 2. The summed E-state index contributed by atoms with van der Waals surface area (Å²) in [5, 5.41) is 4.91. The van der Waals surface area contributed by atoms with Crippen LogP contribution in [0.5, 0.6) is 0 Å². The zero-order valence-corrected chi connectivity index (χ0v) is 7.68. The third-order valence-electron chi connectivity index (χ3n) is 1.35. The van der Waals surface area contributed by atoms with Crippen molar-refractivity contribution < 1.29 is 9.59 Å². The van der Waals surface area contributed by atoms with Gasteiger partial charge in [0.05, 0.1) is 0 Å². The highest BCUT2D eigenvalue weighted by Gasteiger charge is 2.03. The summed E-state index contributed by atoms with van der Waals surface area (Å²) in [6, 6.07) is -0.262. The molecule has 0 aliphatic carbocycles. The molecule has 0 aliphatic heterocycles. The molecule has 70 valence electrons. The number of nitrogens with zero attached hydrogens (tertiary/aromatic N) is 1. The Hall–Kier alpha value is -1.26. The Morgan fingerprint density at radius 3 is 2.33 bits per heavy atom. The number of carbonyl (C=O) groups excluding carboxylic acids is 2. The van der Waals surface area contributed by atoms with Crippen LogP contribution in [-0.2, 0) is 4.79 Å². The van der Waals surface area contributed by atoms with Gasteiger partial charge >= 0.3 is 6.03 Å². The summed E-state index contributed by atoms with van der Waals surface area (Å²) in [5.41, 5.74) is 0. The minimum absolute atomic E-state index is 0.00593. The molecule has 0 aromatic carbocycles. The molecule has 12 heavy (non-hydrogen) atoms. The summed E-state index contributed by atoms with van der Waals surface area (Å²) in [4.78, 5) is 23.1. The summed E-state index contributed by atoms with van der Waals surface area (Å²) in [6.45, 7) is 0.372. The van der Waals surface area contributed by atoms with Crippen molar-refractivity contribution in [3.8, 4) is 0 Å². The van der Waals surface area contributed by atoms with Gasteiger partial charge in [0.2, 0.25) is 5.91 Å². The Balaban J connectivity index is 3.44. The lowest BCUT2D eigenvalue weighted by Gasteiger charge is -2.09. The third kappa shape index (κ3) is 4.54. The molecule has 0 bridgehead atoms. The zero-order chi connectivity index (χ0) is 9.56.